The second-order valence-corrected chi connectivity index (χ2v) is 8.66. The SMILES string of the molecule is Cc1ccc(CCC(=O)N(Cc2cccc(C)c2)[C@@H](C)C(=O)NC2CCCC2)cc1. The molecule has 0 spiro atoms. The molecule has 0 radical (unpaired) electrons. The van der Waals surface area contributed by atoms with Crippen molar-refractivity contribution in [3.8, 4) is 0 Å². The zero-order valence-electron chi connectivity index (χ0n) is 18.5. The summed E-state index contributed by atoms with van der Waals surface area (Å²) in [7, 11) is 0. The van der Waals surface area contributed by atoms with E-state index in [2.05, 4.69) is 42.6 Å². The van der Waals surface area contributed by atoms with E-state index in [0.717, 1.165) is 29.5 Å². The predicted molar refractivity (Wildman–Crippen MR) is 121 cm³/mol. The lowest BCUT2D eigenvalue weighted by Crippen LogP contribution is -2.49. The summed E-state index contributed by atoms with van der Waals surface area (Å²) < 4.78 is 0. The van der Waals surface area contributed by atoms with Crippen molar-refractivity contribution in [2.45, 2.75) is 77.9 Å². The van der Waals surface area contributed by atoms with Crippen LogP contribution in [0.15, 0.2) is 48.5 Å². The van der Waals surface area contributed by atoms with E-state index in [9.17, 15) is 9.59 Å². The third-order valence-electron chi connectivity index (χ3n) is 6.05. The zero-order valence-corrected chi connectivity index (χ0v) is 18.5. The molecular formula is C26H34N2O2. The molecule has 2 aromatic carbocycles. The van der Waals surface area contributed by atoms with Crippen LogP contribution in [0.5, 0.6) is 0 Å². The molecule has 2 aromatic rings. The van der Waals surface area contributed by atoms with Gasteiger partial charge in [0.1, 0.15) is 6.04 Å². The zero-order chi connectivity index (χ0) is 21.5. The Morgan fingerprint density at radius 2 is 1.70 bits per heavy atom. The van der Waals surface area contributed by atoms with Crippen molar-refractivity contribution in [1.29, 1.82) is 0 Å². The van der Waals surface area contributed by atoms with Crippen LogP contribution in [0.3, 0.4) is 0 Å². The lowest BCUT2D eigenvalue weighted by Gasteiger charge is -2.30. The van der Waals surface area contributed by atoms with Crippen molar-refractivity contribution in [2.75, 3.05) is 0 Å². The molecule has 4 heteroatoms. The third-order valence-corrected chi connectivity index (χ3v) is 6.05. The summed E-state index contributed by atoms with van der Waals surface area (Å²) in [6.07, 6.45) is 5.50. The van der Waals surface area contributed by atoms with E-state index >= 15 is 0 Å². The highest BCUT2D eigenvalue weighted by atomic mass is 16.2. The van der Waals surface area contributed by atoms with Gasteiger partial charge in [-0.15, -0.1) is 0 Å². The highest BCUT2D eigenvalue weighted by Gasteiger charge is 2.28. The molecular weight excluding hydrogens is 372 g/mol. The maximum absolute atomic E-state index is 13.2. The number of hydrogen-bond donors (Lipinski definition) is 1. The molecule has 0 unspecified atom stereocenters. The highest BCUT2D eigenvalue weighted by Crippen LogP contribution is 2.19. The van der Waals surface area contributed by atoms with Gasteiger partial charge in [-0.25, -0.2) is 0 Å². The van der Waals surface area contributed by atoms with Crippen LogP contribution >= 0.6 is 0 Å². The fraction of sp³-hybridized carbons (Fsp3) is 0.462. The van der Waals surface area contributed by atoms with Gasteiger partial charge in [0.05, 0.1) is 0 Å². The Hall–Kier alpha value is -2.62. The summed E-state index contributed by atoms with van der Waals surface area (Å²) in [6, 6.07) is 16.2. The van der Waals surface area contributed by atoms with Crippen LogP contribution in [0.4, 0.5) is 0 Å². The summed E-state index contributed by atoms with van der Waals surface area (Å²) in [5, 5.41) is 3.16. The first-order valence-corrected chi connectivity index (χ1v) is 11.1. The van der Waals surface area contributed by atoms with Gasteiger partial charge >= 0.3 is 0 Å². The predicted octanol–water partition coefficient (Wildman–Crippen LogP) is 4.71. The van der Waals surface area contributed by atoms with Crippen molar-refractivity contribution < 1.29 is 9.59 Å². The van der Waals surface area contributed by atoms with E-state index in [0.29, 0.717) is 19.4 Å². The highest BCUT2D eigenvalue weighted by molar-refractivity contribution is 5.87. The number of rotatable bonds is 8. The second kappa shape index (κ2) is 10.4. The van der Waals surface area contributed by atoms with Gasteiger partial charge in [0.2, 0.25) is 11.8 Å². The molecule has 2 amide bonds. The minimum Gasteiger partial charge on any atom is -0.352 e. The number of hydrogen-bond acceptors (Lipinski definition) is 2. The number of nitrogens with zero attached hydrogens (tertiary/aromatic N) is 1. The van der Waals surface area contributed by atoms with Crippen molar-refractivity contribution in [1.82, 2.24) is 10.2 Å². The molecule has 1 fully saturated rings. The monoisotopic (exact) mass is 406 g/mol. The van der Waals surface area contributed by atoms with Gasteiger partial charge in [0.15, 0.2) is 0 Å². The average molecular weight is 407 g/mol. The largest absolute Gasteiger partial charge is 0.352 e. The van der Waals surface area contributed by atoms with Gasteiger partial charge in [-0.3, -0.25) is 9.59 Å². The van der Waals surface area contributed by atoms with Gasteiger partial charge in [-0.1, -0.05) is 72.5 Å². The van der Waals surface area contributed by atoms with Crippen molar-refractivity contribution in [2.24, 2.45) is 0 Å². The Kier molecular flexibility index (Phi) is 7.67. The van der Waals surface area contributed by atoms with Crippen LogP contribution in [-0.4, -0.2) is 28.8 Å². The number of aryl methyl sites for hydroxylation is 3. The summed E-state index contributed by atoms with van der Waals surface area (Å²) in [4.78, 5) is 27.9. The molecule has 0 bridgehead atoms. The number of nitrogens with one attached hydrogen (secondary N) is 1. The van der Waals surface area contributed by atoms with E-state index in [1.807, 2.05) is 32.0 Å². The topological polar surface area (TPSA) is 49.4 Å². The molecule has 4 nitrogen and oxygen atoms in total. The summed E-state index contributed by atoms with van der Waals surface area (Å²) >= 11 is 0. The smallest absolute Gasteiger partial charge is 0.242 e. The van der Waals surface area contributed by atoms with Crippen LogP contribution < -0.4 is 5.32 Å². The quantitative estimate of drug-likeness (QED) is 0.690. The van der Waals surface area contributed by atoms with Gasteiger partial charge in [0, 0.05) is 19.0 Å². The first-order chi connectivity index (χ1) is 14.4. The molecule has 1 saturated carbocycles. The molecule has 1 aliphatic carbocycles. The fourth-order valence-electron chi connectivity index (χ4n) is 4.13. The molecule has 1 atom stereocenters. The van der Waals surface area contributed by atoms with Crippen LogP contribution in [0.25, 0.3) is 0 Å². The van der Waals surface area contributed by atoms with Crippen molar-refractivity contribution in [3.05, 3.63) is 70.8 Å². The Bertz CT molecular complexity index is 854. The Labute approximate surface area is 180 Å². The van der Waals surface area contributed by atoms with Crippen molar-refractivity contribution in [3.63, 3.8) is 0 Å². The Balaban J connectivity index is 1.70. The second-order valence-electron chi connectivity index (χ2n) is 8.66. The summed E-state index contributed by atoms with van der Waals surface area (Å²) in [5.74, 6) is -0.0237. The molecule has 0 aromatic heterocycles. The molecule has 0 saturated heterocycles. The van der Waals surface area contributed by atoms with E-state index in [-0.39, 0.29) is 17.9 Å². The third kappa shape index (κ3) is 6.19. The molecule has 1 N–H and O–H groups in total. The van der Waals surface area contributed by atoms with Crippen molar-refractivity contribution >= 4 is 11.8 Å². The minimum absolute atomic E-state index is 0.0196. The van der Waals surface area contributed by atoms with E-state index in [1.165, 1.54) is 18.4 Å². The Morgan fingerprint density at radius 1 is 1.00 bits per heavy atom. The number of carbonyl (C=O) groups excluding carboxylic acids is 2. The van der Waals surface area contributed by atoms with Gasteiger partial charge in [-0.2, -0.15) is 0 Å². The maximum atomic E-state index is 13.2. The molecule has 3 rings (SSSR count). The number of amides is 2. The van der Waals surface area contributed by atoms with Crippen LogP contribution in [-0.2, 0) is 22.6 Å². The lowest BCUT2D eigenvalue weighted by molar-refractivity contribution is -0.140. The van der Waals surface area contributed by atoms with E-state index in [4.69, 9.17) is 0 Å². The van der Waals surface area contributed by atoms with Gasteiger partial charge < -0.3 is 10.2 Å². The molecule has 0 aliphatic heterocycles. The molecule has 30 heavy (non-hydrogen) atoms. The molecule has 0 heterocycles. The Morgan fingerprint density at radius 3 is 2.37 bits per heavy atom. The first kappa shape index (κ1) is 22.1. The van der Waals surface area contributed by atoms with Crippen LogP contribution in [0.2, 0.25) is 0 Å². The summed E-state index contributed by atoms with van der Waals surface area (Å²) in [5.41, 5.74) is 4.57. The first-order valence-electron chi connectivity index (χ1n) is 11.1. The van der Waals surface area contributed by atoms with E-state index in [1.54, 1.807) is 4.90 Å². The van der Waals surface area contributed by atoms with Gasteiger partial charge in [-0.05, 0) is 51.2 Å². The number of benzene rings is 2. The standard InChI is InChI=1S/C26H34N2O2/c1-19-11-13-22(14-12-19)15-16-25(29)28(18-23-8-6-7-20(2)17-23)21(3)26(30)27-24-9-4-5-10-24/h6-8,11-14,17,21,24H,4-5,9-10,15-16,18H2,1-3H3,(H,27,30)/t21-/m0/s1. The minimum atomic E-state index is -0.489. The van der Waals surface area contributed by atoms with Crippen LogP contribution in [0.1, 0.15) is 61.3 Å². The fourth-order valence-corrected chi connectivity index (χ4v) is 4.13. The molecule has 160 valence electrons. The van der Waals surface area contributed by atoms with Crippen LogP contribution in [0, 0.1) is 13.8 Å². The van der Waals surface area contributed by atoms with Gasteiger partial charge in [0.25, 0.3) is 0 Å². The maximum Gasteiger partial charge on any atom is 0.242 e. The molecule has 1 aliphatic rings. The normalized spacial score (nSPS) is 15.0. The van der Waals surface area contributed by atoms with E-state index < -0.39 is 6.04 Å². The summed E-state index contributed by atoms with van der Waals surface area (Å²) in [6.45, 7) is 6.41. The average Bonchev–Trinajstić information content (AvgIpc) is 3.24. The number of carbonyl (C=O) groups is 2. The lowest BCUT2D eigenvalue weighted by atomic mass is 10.1.